The van der Waals surface area contributed by atoms with E-state index in [1.54, 1.807) is 17.3 Å². The largest absolute Gasteiger partial charge is 0.351 e. The SMILES string of the molecule is CC(C)(C)c1ccc(N(C(=O)C2NCC2(C)C)C(C(=O)NC2CCCCC2)c2cccnc2)cc1. The highest BCUT2D eigenvalue weighted by Gasteiger charge is 2.47. The fourth-order valence-corrected chi connectivity index (χ4v) is 5.18. The average molecular weight is 477 g/mol. The van der Waals surface area contributed by atoms with Crippen LogP contribution in [0.5, 0.6) is 0 Å². The molecular weight excluding hydrogens is 436 g/mol. The molecule has 0 radical (unpaired) electrons. The molecule has 2 amide bonds. The zero-order valence-corrected chi connectivity index (χ0v) is 21.8. The number of carbonyl (C=O) groups is 2. The molecule has 1 saturated heterocycles. The van der Waals surface area contributed by atoms with Crippen molar-refractivity contribution >= 4 is 17.5 Å². The van der Waals surface area contributed by atoms with E-state index in [0.29, 0.717) is 5.56 Å². The lowest BCUT2D eigenvalue weighted by atomic mass is 9.76. The van der Waals surface area contributed by atoms with Crippen LogP contribution in [0.4, 0.5) is 5.69 Å². The highest BCUT2D eigenvalue weighted by atomic mass is 16.2. The first kappa shape index (κ1) is 25.4. The zero-order valence-electron chi connectivity index (χ0n) is 21.8. The van der Waals surface area contributed by atoms with Gasteiger partial charge in [-0.1, -0.05) is 72.1 Å². The van der Waals surface area contributed by atoms with Gasteiger partial charge < -0.3 is 10.6 Å². The standard InChI is InChI=1S/C29H40N4O2/c1-28(2,3)21-13-15-23(16-14-21)33(27(35)25-29(4,5)19-31-25)24(20-10-9-17-30-18-20)26(34)32-22-11-7-6-8-12-22/h9-10,13-18,22,24-25,31H,6-8,11-12,19H2,1-5H3,(H,32,34). The van der Waals surface area contributed by atoms with Crippen molar-refractivity contribution in [2.45, 2.75) is 90.3 Å². The number of pyridine rings is 1. The van der Waals surface area contributed by atoms with Gasteiger partial charge in [-0.05, 0) is 42.0 Å². The number of rotatable bonds is 6. The summed E-state index contributed by atoms with van der Waals surface area (Å²) in [6, 6.07) is 10.8. The number of amides is 2. The van der Waals surface area contributed by atoms with Crippen LogP contribution in [-0.4, -0.2) is 35.4 Å². The molecule has 1 aromatic carbocycles. The topological polar surface area (TPSA) is 74.3 Å². The number of nitrogens with zero attached hydrogens (tertiary/aromatic N) is 2. The Balaban J connectivity index is 1.76. The molecule has 2 heterocycles. The molecule has 2 unspecified atom stereocenters. The van der Waals surface area contributed by atoms with Crippen LogP contribution < -0.4 is 15.5 Å². The van der Waals surface area contributed by atoms with Crippen molar-refractivity contribution in [3.63, 3.8) is 0 Å². The Morgan fingerprint density at radius 2 is 1.77 bits per heavy atom. The quantitative estimate of drug-likeness (QED) is 0.622. The minimum Gasteiger partial charge on any atom is -0.351 e. The maximum atomic E-state index is 14.1. The normalized spacial score (nSPS) is 21.0. The van der Waals surface area contributed by atoms with Crippen molar-refractivity contribution in [2.24, 2.45) is 5.41 Å². The van der Waals surface area contributed by atoms with Crippen LogP contribution in [0.2, 0.25) is 0 Å². The Bertz CT molecular complexity index is 1020. The third-order valence-corrected chi connectivity index (χ3v) is 7.50. The number of hydrogen-bond donors (Lipinski definition) is 2. The van der Waals surface area contributed by atoms with Gasteiger partial charge in [0.2, 0.25) is 11.8 Å². The van der Waals surface area contributed by atoms with E-state index in [2.05, 4.69) is 62.4 Å². The molecule has 6 heteroatoms. The molecule has 35 heavy (non-hydrogen) atoms. The van der Waals surface area contributed by atoms with Gasteiger partial charge in [-0.3, -0.25) is 19.5 Å². The average Bonchev–Trinajstić information content (AvgIpc) is 2.82. The lowest BCUT2D eigenvalue weighted by molar-refractivity contribution is -0.131. The van der Waals surface area contributed by atoms with Crippen molar-refractivity contribution in [1.29, 1.82) is 0 Å². The number of nitrogens with one attached hydrogen (secondary N) is 2. The van der Waals surface area contributed by atoms with Crippen molar-refractivity contribution in [3.8, 4) is 0 Å². The molecule has 0 bridgehead atoms. The van der Waals surface area contributed by atoms with Crippen LogP contribution in [0.1, 0.15) is 83.9 Å². The van der Waals surface area contributed by atoms with Crippen molar-refractivity contribution in [1.82, 2.24) is 15.6 Å². The predicted molar refractivity (Wildman–Crippen MR) is 140 cm³/mol. The van der Waals surface area contributed by atoms with Gasteiger partial charge in [0, 0.05) is 41.6 Å². The van der Waals surface area contributed by atoms with Crippen LogP contribution in [0.15, 0.2) is 48.8 Å². The highest BCUT2D eigenvalue weighted by molar-refractivity contribution is 6.04. The maximum absolute atomic E-state index is 14.1. The number of carbonyl (C=O) groups excluding carboxylic acids is 2. The summed E-state index contributed by atoms with van der Waals surface area (Å²) in [5.74, 6) is -0.229. The molecule has 2 N–H and O–H groups in total. The lowest BCUT2D eigenvalue weighted by Crippen LogP contribution is -2.67. The molecule has 2 aromatic rings. The van der Waals surface area contributed by atoms with Gasteiger partial charge in [0.15, 0.2) is 0 Å². The van der Waals surface area contributed by atoms with Crippen LogP contribution >= 0.6 is 0 Å². The van der Waals surface area contributed by atoms with Crippen molar-refractivity contribution in [2.75, 3.05) is 11.4 Å². The summed E-state index contributed by atoms with van der Waals surface area (Å²) >= 11 is 0. The summed E-state index contributed by atoms with van der Waals surface area (Å²) < 4.78 is 0. The molecule has 2 aliphatic rings. The predicted octanol–water partition coefficient (Wildman–Crippen LogP) is 4.90. The zero-order chi connectivity index (χ0) is 25.2. The second-order valence-corrected chi connectivity index (χ2v) is 11.8. The van der Waals surface area contributed by atoms with Crippen molar-refractivity contribution < 1.29 is 9.59 Å². The Morgan fingerprint density at radius 3 is 2.29 bits per heavy atom. The summed E-state index contributed by atoms with van der Waals surface area (Å²) in [6.07, 6.45) is 8.83. The smallest absolute Gasteiger partial charge is 0.248 e. The minimum atomic E-state index is -0.795. The third kappa shape index (κ3) is 5.58. The van der Waals surface area contributed by atoms with Gasteiger partial charge >= 0.3 is 0 Å². The summed E-state index contributed by atoms with van der Waals surface area (Å²) in [7, 11) is 0. The van der Waals surface area contributed by atoms with Gasteiger partial charge in [-0.25, -0.2) is 0 Å². The summed E-state index contributed by atoms with van der Waals surface area (Å²) in [6.45, 7) is 11.5. The first-order chi connectivity index (χ1) is 16.6. The molecule has 4 rings (SSSR count). The van der Waals surface area contributed by atoms with E-state index < -0.39 is 6.04 Å². The van der Waals surface area contributed by atoms with Crippen LogP contribution in [0.3, 0.4) is 0 Å². The molecule has 188 valence electrons. The number of aromatic nitrogens is 1. The van der Waals surface area contributed by atoms with Crippen LogP contribution in [0, 0.1) is 5.41 Å². The molecule has 6 nitrogen and oxygen atoms in total. The van der Waals surface area contributed by atoms with E-state index in [0.717, 1.165) is 37.9 Å². The van der Waals surface area contributed by atoms with E-state index in [-0.39, 0.29) is 34.7 Å². The molecule has 2 atom stereocenters. The fraction of sp³-hybridized carbons (Fsp3) is 0.552. The van der Waals surface area contributed by atoms with Gasteiger partial charge in [0.05, 0.1) is 6.04 Å². The van der Waals surface area contributed by atoms with E-state index in [4.69, 9.17) is 0 Å². The molecule has 1 aliphatic carbocycles. The van der Waals surface area contributed by atoms with Gasteiger partial charge in [-0.2, -0.15) is 0 Å². The molecule has 0 spiro atoms. The Kier molecular flexibility index (Phi) is 7.32. The van der Waals surface area contributed by atoms with Gasteiger partial charge in [0.1, 0.15) is 6.04 Å². The van der Waals surface area contributed by atoms with Crippen molar-refractivity contribution in [3.05, 3.63) is 59.9 Å². The molecule has 2 fully saturated rings. The Morgan fingerprint density at radius 1 is 1.09 bits per heavy atom. The van der Waals surface area contributed by atoms with Crippen LogP contribution in [0.25, 0.3) is 0 Å². The third-order valence-electron chi connectivity index (χ3n) is 7.50. The molecule has 1 aliphatic heterocycles. The first-order valence-corrected chi connectivity index (χ1v) is 13.0. The number of anilines is 1. The lowest BCUT2D eigenvalue weighted by Gasteiger charge is -2.47. The summed E-state index contributed by atoms with van der Waals surface area (Å²) in [5, 5.41) is 6.58. The van der Waals surface area contributed by atoms with Gasteiger partial charge in [-0.15, -0.1) is 0 Å². The molecule has 1 aromatic heterocycles. The Hall–Kier alpha value is -2.73. The second kappa shape index (κ2) is 10.1. The highest BCUT2D eigenvalue weighted by Crippen LogP contribution is 2.36. The monoisotopic (exact) mass is 476 g/mol. The van der Waals surface area contributed by atoms with Gasteiger partial charge in [0.25, 0.3) is 0 Å². The summed E-state index contributed by atoms with van der Waals surface area (Å²) in [4.78, 5) is 34.0. The van der Waals surface area contributed by atoms with E-state index in [1.807, 2.05) is 24.3 Å². The molecule has 1 saturated carbocycles. The van der Waals surface area contributed by atoms with E-state index >= 15 is 0 Å². The van der Waals surface area contributed by atoms with Crippen LogP contribution in [-0.2, 0) is 15.0 Å². The number of benzene rings is 1. The fourth-order valence-electron chi connectivity index (χ4n) is 5.18. The second-order valence-electron chi connectivity index (χ2n) is 11.8. The Labute approximate surface area is 209 Å². The molecular formula is C29H40N4O2. The van der Waals surface area contributed by atoms with E-state index in [9.17, 15) is 9.59 Å². The number of hydrogen-bond acceptors (Lipinski definition) is 4. The maximum Gasteiger partial charge on any atom is 0.248 e. The van der Waals surface area contributed by atoms with E-state index in [1.165, 1.54) is 12.0 Å². The summed E-state index contributed by atoms with van der Waals surface area (Å²) in [5.41, 5.74) is 2.43. The first-order valence-electron chi connectivity index (χ1n) is 13.0. The minimum absolute atomic E-state index is 0.00794.